The fourth-order valence-corrected chi connectivity index (χ4v) is 17.4. The Kier molecular flexibility index (Phi) is 13.1. The van der Waals surface area contributed by atoms with Crippen LogP contribution in [0.2, 0.25) is 0 Å². The number of para-hydroxylation sites is 5. The van der Waals surface area contributed by atoms with Crippen molar-refractivity contribution < 1.29 is 4.42 Å². The molecule has 0 aliphatic rings. The molecule has 5 nitrogen and oxygen atoms in total. The van der Waals surface area contributed by atoms with Crippen LogP contribution in [0, 0.1) is 0 Å². The first-order valence-corrected chi connectivity index (χ1v) is 35.7. The van der Waals surface area contributed by atoms with Crippen molar-refractivity contribution in [3.8, 4) is 67.3 Å². The summed E-state index contributed by atoms with van der Waals surface area (Å²) in [4.78, 5) is 0. The van der Waals surface area contributed by atoms with Crippen molar-refractivity contribution in [3.05, 3.63) is 364 Å². The second-order valence-electron chi connectivity index (χ2n) is 26.7. The van der Waals surface area contributed by atoms with E-state index in [0.717, 1.165) is 39.0 Å². The van der Waals surface area contributed by atoms with E-state index >= 15 is 0 Å². The maximum absolute atomic E-state index is 6.16. The normalized spacial score (nSPS) is 11.9. The Morgan fingerprint density at radius 2 is 0.490 bits per heavy atom. The molecule has 6 heteroatoms. The lowest BCUT2D eigenvalue weighted by atomic mass is 10.0. The molecule has 16 aromatic carbocycles. The van der Waals surface area contributed by atoms with Crippen LogP contribution < -0.4 is 0 Å². The number of nitrogens with zero attached hydrogens (tertiary/aromatic N) is 4. The third-order valence-electron chi connectivity index (χ3n) is 21.1. The first-order valence-electron chi connectivity index (χ1n) is 34.9. The highest BCUT2D eigenvalue weighted by Gasteiger charge is 2.21. The first kappa shape index (κ1) is 57.8. The van der Waals surface area contributed by atoms with Crippen LogP contribution in [-0.2, 0) is 0 Å². The molecular formula is C96H60N4OS. The average Bonchev–Trinajstić information content (AvgIpc) is 1.59. The van der Waals surface area contributed by atoms with Crippen LogP contribution in [-0.4, -0.2) is 18.3 Å². The summed E-state index contributed by atoms with van der Waals surface area (Å²) in [6.45, 7) is 0. The molecular weight excluding hydrogens is 1260 g/mol. The molecule has 22 rings (SSSR count). The van der Waals surface area contributed by atoms with Gasteiger partial charge in [0.25, 0.3) is 0 Å². The second-order valence-corrected chi connectivity index (χ2v) is 27.8. The molecule has 6 aromatic heterocycles. The third kappa shape index (κ3) is 9.24. The van der Waals surface area contributed by atoms with E-state index in [4.69, 9.17) is 4.42 Å². The number of aromatic nitrogens is 4. The quantitative estimate of drug-likeness (QED) is 0.149. The highest BCUT2D eigenvalue weighted by atomic mass is 32.1. The molecule has 0 fully saturated rings. The topological polar surface area (TPSA) is 32.9 Å². The van der Waals surface area contributed by atoms with Gasteiger partial charge in [0.05, 0.1) is 44.1 Å². The zero-order valence-corrected chi connectivity index (χ0v) is 56.1. The van der Waals surface area contributed by atoms with Crippen molar-refractivity contribution in [2.24, 2.45) is 0 Å². The summed E-state index contributed by atoms with van der Waals surface area (Å²) in [7, 11) is 0. The molecule has 0 N–H and O–H groups in total. The Bertz CT molecular complexity index is 6670. The molecule has 0 aliphatic heterocycles. The van der Waals surface area contributed by atoms with E-state index in [1.54, 1.807) is 0 Å². The van der Waals surface area contributed by atoms with Crippen LogP contribution in [0.4, 0.5) is 0 Å². The molecule has 0 spiro atoms. The Morgan fingerprint density at radius 3 is 1.00 bits per heavy atom. The fraction of sp³-hybridized carbons (Fsp3) is 0. The average molecular weight is 1320 g/mol. The monoisotopic (exact) mass is 1320 g/mol. The van der Waals surface area contributed by atoms with Gasteiger partial charge in [0.15, 0.2) is 0 Å². The zero-order chi connectivity index (χ0) is 66.9. The maximum Gasteiger partial charge on any atom is 0.135 e. The summed E-state index contributed by atoms with van der Waals surface area (Å²) in [5.41, 5.74) is 25.8. The van der Waals surface area contributed by atoms with Gasteiger partial charge in [0, 0.05) is 96.8 Å². The molecule has 6 heterocycles. The largest absolute Gasteiger partial charge is 0.456 e. The standard InChI is InChI=1S/C48H30N2O.C48H30N2S/c2*1-2-10-31(11-3-1)32-18-22-35(23-19-32)49-43-15-7-4-12-37(43)39-25-20-34(29-46(39)49)33-21-26-45-41(28-33)38-13-5-8-16-44(38)50(45)36-24-27-48-42(30-36)40-14-6-9-17-47(40)51-48/h2*1-30H. The summed E-state index contributed by atoms with van der Waals surface area (Å²) < 4.78 is 18.5. The van der Waals surface area contributed by atoms with Crippen LogP contribution in [0.1, 0.15) is 0 Å². The minimum Gasteiger partial charge on any atom is -0.456 e. The minimum atomic E-state index is 0.906. The SMILES string of the molecule is c1ccc(-c2ccc(-n3c4ccccc4c4ccc(-c5ccc6c(c5)c5ccccc5n6-c5ccc6oc7ccccc7c6c5)cc43)cc2)cc1.c1ccc(-c2ccc(-n3c4ccccc4c4ccc(-c5ccc6c(c5)c5ccccc5n6-c5ccc6sc7ccccc7c6c5)cc43)cc2)cc1. The fourth-order valence-electron chi connectivity index (χ4n) is 16.3. The van der Waals surface area contributed by atoms with Crippen LogP contribution in [0.15, 0.2) is 368 Å². The number of hydrogen-bond donors (Lipinski definition) is 0. The van der Waals surface area contributed by atoms with Crippen LogP contribution >= 0.6 is 11.3 Å². The third-order valence-corrected chi connectivity index (χ3v) is 22.2. The number of rotatable bonds is 8. The molecule has 22 aromatic rings. The van der Waals surface area contributed by atoms with Crippen molar-refractivity contribution in [2.45, 2.75) is 0 Å². The van der Waals surface area contributed by atoms with E-state index in [1.165, 1.54) is 158 Å². The molecule has 476 valence electrons. The predicted octanol–water partition coefficient (Wildman–Crippen LogP) is 26.7. The van der Waals surface area contributed by atoms with Gasteiger partial charge in [0.1, 0.15) is 11.2 Å². The van der Waals surface area contributed by atoms with Gasteiger partial charge in [-0.25, -0.2) is 0 Å². The van der Waals surface area contributed by atoms with Gasteiger partial charge in [-0.3, -0.25) is 0 Å². The first-order chi connectivity index (χ1) is 50.6. The minimum absolute atomic E-state index is 0.906. The van der Waals surface area contributed by atoms with Gasteiger partial charge in [-0.05, 0) is 178 Å². The van der Waals surface area contributed by atoms with Crippen molar-refractivity contribution in [2.75, 3.05) is 0 Å². The summed E-state index contributed by atoms with van der Waals surface area (Å²) in [5, 5.41) is 14.9. The highest BCUT2D eigenvalue weighted by molar-refractivity contribution is 7.25. The number of hydrogen-bond acceptors (Lipinski definition) is 2. The van der Waals surface area contributed by atoms with E-state index in [9.17, 15) is 0 Å². The molecule has 0 atom stereocenters. The van der Waals surface area contributed by atoms with E-state index in [-0.39, 0.29) is 0 Å². The van der Waals surface area contributed by atoms with Crippen molar-refractivity contribution in [3.63, 3.8) is 0 Å². The maximum atomic E-state index is 6.16. The lowest BCUT2D eigenvalue weighted by Crippen LogP contribution is -1.94. The lowest BCUT2D eigenvalue weighted by Gasteiger charge is -2.11. The summed E-state index contributed by atoms with van der Waals surface area (Å²) in [6, 6.07) is 132. The van der Waals surface area contributed by atoms with Gasteiger partial charge >= 0.3 is 0 Å². The van der Waals surface area contributed by atoms with Gasteiger partial charge < -0.3 is 22.7 Å². The van der Waals surface area contributed by atoms with E-state index in [1.807, 2.05) is 23.5 Å². The lowest BCUT2D eigenvalue weighted by molar-refractivity contribution is 0.669. The Hall–Kier alpha value is -13.3. The van der Waals surface area contributed by atoms with E-state index < -0.39 is 0 Å². The summed E-state index contributed by atoms with van der Waals surface area (Å²) in [6.07, 6.45) is 0. The number of fused-ring (bicyclic) bond motifs is 18. The van der Waals surface area contributed by atoms with Gasteiger partial charge in [-0.1, -0.05) is 231 Å². The van der Waals surface area contributed by atoms with Gasteiger partial charge in [0.2, 0.25) is 0 Å². The number of benzene rings is 16. The van der Waals surface area contributed by atoms with Crippen LogP contribution in [0.25, 0.3) is 197 Å². The molecule has 0 aliphatic carbocycles. The van der Waals surface area contributed by atoms with E-state index in [0.29, 0.717) is 0 Å². The number of thiophene rings is 1. The predicted molar refractivity (Wildman–Crippen MR) is 432 cm³/mol. The highest BCUT2D eigenvalue weighted by Crippen LogP contribution is 2.44. The van der Waals surface area contributed by atoms with Crippen molar-refractivity contribution in [1.29, 1.82) is 0 Å². The Morgan fingerprint density at radius 1 is 0.167 bits per heavy atom. The van der Waals surface area contributed by atoms with Crippen molar-refractivity contribution in [1.82, 2.24) is 18.3 Å². The summed E-state index contributed by atoms with van der Waals surface area (Å²) >= 11 is 1.86. The molecule has 0 radical (unpaired) electrons. The zero-order valence-electron chi connectivity index (χ0n) is 55.2. The number of furan rings is 1. The molecule has 0 bridgehead atoms. The van der Waals surface area contributed by atoms with Crippen LogP contribution in [0.3, 0.4) is 0 Å². The molecule has 0 saturated carbocycles. The van der Waals surface area contributed by atoms with Gasteiger partial charge in [-0.2, -0.15) is 0 Å². The van der Waals surface area contributed by atoms with E-state index in [2.05, 4.69) is 370 Å². The van der Waals surface area contributed by atoms with Crippen molar-refractivity contribution >= 4 is 141 Å². The second kappa shape index (κ2) is 23.2. The Labute approximate surface area is 590 Å². The molecule has 102 heavy (non-hydrogen) atoms. The Balaban J connectivity index is 0.000000133. The molecule has 0 amide bonds. The van der Waals surface area contributed by atoms with Gasteiger partial charge in [-0.15, -0.1) is 11.3 Å². The smallest absolute Gasteiger partial charge is 0.135 e. The molecule has 0 unspecified atom stereocenters. The molecule has 0 saturated heterocycles. The van der Waals surface area contributed by atoms with Crippen LogP contribution in [0.5, 0.6) is 0 Å². The summed E-state index contributed by atoms with van der Waals surface area (Å²) in [5.74, 6) is 0.